The molecule has 8 nitrogen and oxygen atoms in total. The minimum Gasteiger partial charge on any atom is -0.493 e. The normalized spacial score (nSPS) is 17.0. The topological polar surface area (TPSA) is 88.5 Å². The second kappa shape index (κ2) is 10.9. The highest BCUT2D eigenvalue weighted by Crippen LogP contribution is 2.20. The summed E-state index contributed by atoms with van der Waals surface area (Å²) in [5.74, 6) is 0.712. The summed E-state index contributed by atoms with van der Waals surface area (Å²) >= 11 is 0. The van der Waals surface area contributed by atoms with Gasteiger partial charge < -0.3 is 24.2 Å². The number of ether oxygens (including phenoxy) is 3. The average Bonchev–Trinajstić information content (AvgIpc) is 2.64. The SMILES string of the molecule is CC(C)COc1cccc(OCC(=O)N2CCOC(CN(C)CC(=O)O)C2)c1. The van der Waals surface area contributed by atoms with E-state index >= 15 is 0 Å². The first-order valence-electron chi connectivity index (χ1n) is 9.49. The molecule has 0 bridgehead atoms. The zero-order valence-corrected chi connectivity index (χ0v) is 16.8. The Kier molecular flexibility index (Phi) is 8.53. The highest BCUT2D eigenvalue weighted by molar-refractivity contribution is 5.78. The first kappa shape index (κ1) is 22.0. The van der Waals surface area contributed by atoms with Crippen LogP contribution in [-0.4, -0.2) is 85.9 Å². The second-order valence-electron chi connectivity index (χ2n) is 7.39. The molecule has 8 heteroatoms. The van der Waals surface area contributed by atoms with Gasteiger partial charge in [0.05, 0.1) is 25.9 Å². The molecule has 28 heavy (non-hydrogen) atoms. The van der Waals surface area contributed by atoms with Gasteiger partial charge in [0, 0.05) is 25.7 Å². The summed E-state index contributed by atoms with van der Waals surface area (Å²) in [6.07, 6.45) is -0.213. The lowest BCUT2D eigenvalue weighted by Crippen LogP contribution is -2.50. The molecule has 0 spiro atoms. The van der Waals surface area contributed by atoms with E-state index in [1.54, 1.807) is 29.0 Å². The molecule has 0 aromatic heterocycles. The Morgan fingerprint density at radius 2 is 2.04 bits per heavy atom. The van der Waals surface area contributed by atoms with Crippen molar-refractivity contribution >= 4 is 11.9 Å². The molecule has 1 aliphatic heterocycles. The summed E-state index contributed by atoms with van der Waals surface area (Å²) in [5, 5.41) is 8.84. The number of carbonyl (C=O) groups excluding carboxylic acids is 1. The number of hydrogen-bond acceptors (Lipinski definition) is 6. The largest absolute Gasteiger partial charge is 0.493 e. The predicted octanol–water partition coefficient (Wildman–Crippen LogP) is 1.34. The third kappa shape index (κ3) is 7.74. The number of rotatable bonds is 10. The number of carboxylic acids is 1. The maximum absolute atomic E-state index is 12.5. The Hall–Kier alpha value is -2.32. The molecule has 0 radical (unpaired) electrons. The molecule has 1 aromatic carbocycles. The van der Waals surface area contributed by atoms with Crippen LogP contribution in [0.15, 0.2) is 24.3 Å². The lowest BCUT2D eigenvalue weighted by atomic mass is 10.2. The van der Waals surface area contributed by atoms with E-state index in [0.29, 0.717) is 50.3 Å². The van der Waals surface area contributed by atoms with E-state index in [-0.39, 0.29) is 25.2 Å². The Morgan fingerprint density at radius 3 is 2.71 bits per heavy atom. The average molecular weight is 394 g/mol. The highest BCUT2D eigenvalue weighted by Gasteiger charge is 2.25. The van der Waals surface area contributed by atoms with E-state index in [4.69, 9.17) is 19.3 Å². The summed E-state index contributed by atoms with van der Waals surface area (Å²) < 4.78 is 17.0. The molecular weight excluding hydrogens is 364 g/mol. The van der Waals surface area contributed by atoms with Crippen molar-refractivity contribution in [2.75, 3.05) is 53.0 Å². The Labute approximate surface area is 166 Å². The van der Waals surface area contributed by atoms with Crippen molar-refractivity contribution in [1.29, 1.82) is 0 Å². The van der Waals surface area contributed by atoms with Gasteiger partial charge in [0.25, 0.3) is 5.91 Å². The van der Waals surface area contributed by atoms with Gasteiger partial charge in [-0.05, 0) is 25.1 Å². The van der Waals surface area contributed by atoms with Gasteiger partial charge in [0.1, 0.15) is 11.5 Å². The lowest BCUT2D eigenvalue weighted by Gasteiger charge is -2.34. The maximum Gasteiger partial charge on any atom is 0.317 e. The van der Waals surface area contributed by atoms with E-state index in [0.717, 1.165) is 0 Å². The number of amides is 1. The fourth-order valence-corrected chi connectivity index (χ4v) is 2.85. The number of benzene rings is 1. The van der Waals surface area contributed by atoms with Gasteiger partial charge in [-0.1, -0.05) is 19.9 Å². The fourth-order valence-electron chi connectivity index (χ4n) is 2.85. The zero-order chi connectivity index (χ0) is 20.5. The van der Waals surface area contributed by atoms with Crippen molar-refractivity contribution in [3.8, 4) is 11.5 Å². The van der Waals surface area contributed by atoms with Crippen LogP contribution in [0.4, 0.5) is 0 Å². The van der Waals surface area contributed by atoms with Crippen LogP contribution in [0.1, 0.15) is 13.8 Å². The molecule has 0 aliphatic carbocycles. The Bertz CT molecular complexity index is 651. The molecule has 2 rings (SSSR count). The standard InChI is InChI=1S/C20H30N2O6/c1-15(2)13-27-16-5-4-6-17(9-16)28-14-19(23)22-7-8-26-18(11-22)10-21(3)12-20(24)25/h4-6,9,15,18H,7-8,10-14H2,1-3H3,(H,24,25). The van der Waals surface area contributed by atoms with Crippen LogP contribution in [-0.2, 0) is 14.3 Å². The van der Waals surface area contributed by atoms with Crippen molar-refractivity contribution in [3.63, 3.8) is 0 Å². The van der Waals surface area contributed by atoms with Crippen molar-refractivity contribution in [2.24, 2.45) is 5.92 Å². The van der Waals surface area contributed by atoms with E-state index in [2.05, 4.69) is 13.8 Å². The minimum atomic E-state index is -0.890. The third-order valence-corrected chi connectivity index (χ3v) is 4.16. The van der Waals surface area contributed by atoms with Crippen LogP contribution < -0.4 is 9.47 Å². The lowest BCUT2D eigenvalue weighted by molar-refractivity contribution is -0.143. The number of hydrogen-bond donors (Lipinski definition) is 1. The number of carboxylic acid groups (broad SMARTS) is 1. The van der Waals surface area contributed by atoms with Crippen molar-refractivity contribution in [2.45, 2.75) is 20.0 Å². The van der Waals surface area contributed by atoms with Crippen LogP contribution in [0.3, 0.4) is 0 Å². The van der Waals surface area contributed by atoms with Gasteiger partial charge in [0.15, 0.2) is 6.61 Å². The summed E-state index contributed by atoms with van der Waals surface area (Å²) in [7, 11) is 1.72. The van der Waals surface area contributed by atoms with E-state index < -0.39 is 5.97 Å². The molecule has 1 aromatic rings. The highest BCUT2D eigenvalue weighted by atomic mass is 16.5. The molecule has 1 amide bonds. The third-order valence-electron chi connectivity index (χ3n) is 4.16. The maximum atomic E-state index is 12.5. The number of morpholine rings is 1. The Morgan fingerprint density at radius 1 is 1.32 bits per heavy atom. The van der Waals surface area contributed by atoms with Crippen LogP contribution in [0, 0.1) is 5.92 Å². The summed E-state index contributed by atoms with van der Waals surface area (Å²) in [4.78, 5) is 26.6. The van der Waals surface area contributed by atoms with Crippen LogP contribution in [0.25, 0.3) is 0 Å². The van der Waals surface area contributed by atoms with Gasteiger partial charge in [-0.25, -0.2) is 0 Å². The van der Waals surface area contributed by atoms with Gasteiger partial charge in [0.2, 0.25) is 0 Å². The first-order valence-corrected chi connectivity index (χ1v) is 9.49. The first-order chi connectivity index (χ1) is 13.3. The van der Waals surface area contributed by atoms with E-state index in [9.17, 15) is 9.59 Å². The quantitative estimate of drug-likeness (QED) is 0.641. The molecule has 1 heterocycles. The number of nitrogens with zero attached hydrogens (tertiary/aromatic N) is 2. The van der Waals surface area contributed by atoms with Crippen LogP contribution in [0.5, 0.6) is 11.5 Å². The molecule has 1 atom stereocenters. The number of aliphatic carboxylic acids is 1. The molecule has 1 saturated heterocycles. The van der Waals surface area contributed by atoms with Gasteiger partial charge >= 0.3 is 5.97 Å². The number of likely N-dealkylation sites (N-methyl/N-ethyl adjacent to an activating group) is 1. The van der Waals surface area contributed by atoms with Crippen molar-refractivity contribution in [1.82, 2.24) is 9.80 Å². The summed E-state index contributed by atoms with van der Waals surface area (Å²) in [6.45, 7) is 6.44. The van der Waals surface area contributed by atoms with E-state index in [1.165, 1.54) is 0 Å². The molecule has 0 saturated carbocycles. The molecule has 156 valence electrons. The van der Waals surface area contributed by atoms with Gasteiger partial charge in [-0.15, -0.1) is 0 Å². The van der Waals surface area contributed by atoms with Crippen molar-refractivity contribution < 1.29 is 28.9 Å². The monoisotopic (exact) mass is 394 g/mol. The van der Waals surface area contributed by atoms with Gasteiger partial charge in [-0.2, -0.15) is 0 Å². The molecule has 1 unspecified atom stereocenters. The smallest absolute Gasteiger partial charge is 0.317 e. The number of carbonyl (C=O) groups is 2. The summed E-state index contributed by atoms with van der Waals surface area (Å²) in [5.41, 5.74) is 0. The fraction of sp³-hybridized carbons (Fsp3) is 0.600. The summed E-state index contributed by atoms with van der Waals surface area (Å²) in [6, 6.07) is 7.26. The molecule has 1 N–H and O–H groups in total. The second-order valence-corrected chi connectivity index (χ2v) is 7.39. The van der Waals surface area contributed by atoms with Crippen LogP contribution in [0.2, 0.25) is 0 Å². The van der Waals surface area contributed by atoms with E-state index in [1.807, 2.05) is 12.1 Å². The minimum absolute atomic E-state index is 0.0634. The molecular formula is C20H30N2O6. The predicted molar refractivity (Wildman–Crippen MR) is 104 cm³/mol. The Balaban J connectivity index is 1.80. The molecule has 1 aliphatic rings. The molecule has 1 fully saturated rings. The van der Waals surface area contributed by atoms with Crippen LogP contribution >= 0.6 is 0 Å². The van der Waals surface area contributed by atoms with Crippen molar-refractivity contribution in [3.05, 3.63) is 24.3 Å². The van der Waals surface area contributed by atoms with Gasteiger partial charge in [-0.3, -0.25) is 14.5 Å². The zero-order valence-electron chi connectivity index (χ0n) is 16.8.